The monoisotopic (exact) mass is 347 g/mol. The Bertz CT molecular complexity index is 689. The Morgan fingerprint density at radius 2 is 2.04 bits per heavy atom. The molecule has 0 bridgehead atoms. The first-order valence-corrected chi connectivity index (χ1v) is 8.25. The van der Waals surface area contributed by atoms with E-state index >= 15 is 0 Å². The van der Waals surface area contributed by atoms with Crippen molar-refractivity contribution in [1.82, 2.24) is 9.88 Å². The highest BCUT2D eigenvalue weighted by molar-refractivity contribution is 6.32. The van der Waals surface area contributed by atoms with Crippen LogP contribution in [0.5, 0.6) is 5.75 Å². The van der Waals surface area contributed by atoms with E-state index in [-0.39, 0.29) is 5.91 Å². The Labute approximate surface area is 147 Å². The van der Waals surface area contributed by atoms with Crippen LogP contribution in [0.3, 0.4) is 0 Å². The number of methoxy groups -OCH3 is 1. The van der Waals surface area contributed by atoms with Crippen LogP contribution in [0, 0.1) is 0 Å². The van der Waals surface area contributed by atoms with Crippen LogP contribution in [-0.2, 0) is 0 Å². The fraction of sp³-hybridized carbons (Fsp3) is 0.333. The minimum Gasteiger partial charge on any atom is -0.495 e. The van der Waals surface area contributed by atoms with Crippen LogP contribution >= 0.6 is 11.6 Å². The van der Waals surface area contributed by atoms with Gasteiger partial charge >= 0.3 is 0 Å². The predicted octanol–water partition coefficient (Wildman–Crippen LogP) is 4.36. The van der Waals surface area contributed by atoms with Crippen LogP contribution in [0.25, 0.3) is 0 Å². The molecule has 2 aromatic rings. The number of ether oxygens (including phenoxy) is 1. The molecule has 1 aromatic carbocycles. The first kappa shape index (κ1) is 18.1. The molecule has 0 aliphatic carbocycles. The molecule has 0 aliphatic heterocycles. The Morgan fingerprint density at radius 3 is 2.62 bits per heavy atom. The summed E-state index contributed by atoms with van der Waals surface area (Å²) in [5, 5.41) is 3.73. The topological polar surface area (TPSA) is 54.5 Å². The molecule has 0 aliphatic rings. The summed E-state index contributed by atoms with van der Waals surface area (Å²) in [6, 6.07) is 8.98. The number of anilines is 2. The molecule has 0 spiro atoms. The zero-order valence-electron chi connectivity index (χ0n) is 14.2. The normalized spacial score (nSPS) is 10.3. The standard InChI is InChI=1S/C18H22ClN3O2/c1-4-5-10-22(2)18(23)16-8-6-14(12-20-16)21-13-7-9-17(24-3)15(19)11-13/h6-9,11-12,21H,4-5,10H2,1-3H3. The quantitative estimate of drug-likeness (QED) is 0.808. The van der Waals surface area contributed by atoms with Crippen molar-refractivity contribution in [2.75, 3.05) is 26.0 Å². The third-order valence-electron chi connectivity index (χ3n) is 3.62. The highest BCUT2D eigenvalue weighted by Gasteiger charge is 2.12. The van der Waals surface area contributed by atoms with Crippen LogP contribution in [-0.4, -0.2) is 36.5 Å². The average Bonchev–Trinajstić information content (AvgIpc) is 2.60. The van der Waals surface area contributed by atoms with E-state index in [0.29, 0.717) is 16.5 Å². The first-order chi connectivity index (χ1) is 11.5. The van der Waals surface area contributed by atoms with E-state index in [1.54, 1.807) is 43.5 Å². The number of halogens is 1. The lowest BCUT2D eigenvalue weighted by molar-refractivity contribution is 0.0787. The molecule has 1 amide bonds. The van der Waals surface area contributed by atoms with Gasteiger partial charge in [-0.3, -0.25) is 4.79 Å². The third kappa shape index (κ3) is 4.61. The van der Waals surface area contributed by atoms with Crippen molar-refractivity contribution in [1.29, 1.82) is 0 Å². The van der Waals surface area contributed by atoms with Gasteiger partial charge in [0.2, 0.25) is 0 Å². The number of hydrogen-bond acceptors (Lipinski definition) is 4. The van der Waals surface area contributed by atoms with Crippen molar-refractivity contribution < 1.29 is 9.53 Å². The number of carbonyl (C=O) groups excluding carboxylic acids is 1. The molecule has 1 heterocycles. The SMILES string of the molecule is CCCCN(C)C(=O)c1ccc(Nc2ccc(OC)c(Cl)c2)cn1. The van der Waals surface area contributed by atoms with E-state index in [4.69, 9.17) is 16.3 Å². The Balaban J connectivity index is 2.04. The molecular weight excluding hydrogens is 326 g/mol. The van der Waals surface area contributed by atoms with E-state index in [1.165, 1.54) is 0 Å². The Kier molecular flexibility index (Phi) is 6.44. The number of unbranched alkanes of at least 4 members (excludes halogenated alkanes) is 1. The number of carbonyl (C=O) groups is 1. The summed E-state index contributed by atoms with van der Waals surface area (Å²) in [7, 11) is 3.37. The second-order valence-corrected chi connectivity index (χ2v) is 5.89. The van der Waals surface area contributed by atoms with Gasteiger partial charge in [0.15, 0.2) is 0 Å². The van der Waals surface area contributed by atoms with E-state index in [0.717, 1.165) is 30.8 Å². The average molecular weight is 348 g/mol. The molecule has 0 saturated carbocycles. The molecule has 0 fully saturated rings. The summed E-state index contributed by atoms with van der Waals surface area (Å²) < 4.78 is 5.13. The molecule has 1 aromatic heterocycles. The summed E-state index contributed by atoms with van der Waals surface area (Å²) in [5.74, 6) is 0.555. The Hall–Kier alpha value is -2.27. The van der Waals surface area contributed by atoms with Crippen LogP contribution in [0.4, 0.5) is 11.4 Å². The van der Waals surface area contributed by atoms with Gasteiger partial charge in [-0.2, -0.15) is 0 Å². The minimum absolute atomic E-state index is 0.0671. The van der Waals surface area contributed by atoms with E-state index in [9.17, 15) is 4.79 Å². The molecule has 2 rings (SSSR count). The number of hydrogen-bond donors (Lipinski definition) is 1. The lowest BCUT2D eigenvalue weighted by Gasteiger charge is -2.16. The second kappa shape index (κ2) is 8.55. The maximum Gasteiger partial charge on any atom is 0.272 e. The van der Waals surface area contributed by atoms with Gasteiger partial charge in [-0.1, -0.05) is 24.9 Å². The highest BCUT2D eigenvalue weighted by atomic mass is 35.5. The number of rotatable bonds is 7. The van der Waals surface area contributed by atoms with Crippen LogP contribution < -0.4 is 10.1 Å². The summed E-state index contributed by atoms with van der Waals surface area (Å²) in [4.78, 5) is 18.2. The van der Waals surface area contributed by atoms with Crippen molar-refractivity contribution >= 4 is 28.9 Å². The van der Waals surface area contributed by atoms with Gasteiger partial charge in [-0.05, 0) is 36.8 Å². The summed E-state index contributed by atoms with van der Waals surface area (Å²) in [5.41, 5.74) is 2.04. The number of nitrogens with zero attached hydrogens (tertiary/aromatic N) is 2. The molecule has 1 N–H and O–H groups in total. The zero-order valence-corrected chi connectivity index (χ0v) is 14.9. The molecular formula is C18H22ClN3O2. The third-order valence-corrected chi connectivity index (χ3v) is 3.91. The van der Waals surface area contributed by atoms with Crippen molar-refractivity contribution in [2.45, 2.75) is 19.8 Å². The molecule has 0 saturated heterocycles. The summed E-state index contributed by atoms with van der Waals surface area (Å²) in [6.45, 7) is 2.84. The number of aromatic nitrogens is 1. The zero-order chi connectivity index (χ0) is 17.5. The minimum atomic E-state index is -0.0671. The summed E-state index contributed by atoms with van der Waals surface area (Å²) in [6.07, 6.45) is 3.68. The van der Waals surface area contributed by atoms with Crippen LogP contribution in [0.15, 0.2) is 36.5 Å². The predicted molar refractivity (Wildman–Crippen MR) is 97.4 cm³/mol. The Morgan fingerprint density at radius 1 is 1.29 bits per heavy atom. The molecule has 6 heteroatoms. The number of pyridine rings is 1. The largest absolute Gasteiger partial charge is 0.495 e. The smallest absolute Gasteiger partial charge is 0.272 e. The number of nitrogens with one attached hydrogen (secondary N) is 1. The lowest BCUT2D eigenvalue weighted by Crippen LogP contribution is -2.28. The molecule has 0 unspecified atom stereocenters. The van der Waals surface area contributed by atoms with Crippen molar-refractivity contribution in [3.05, 3.63) is 47.2 Å². The fourth-order valence-corrected chi connectivity index (χ4v) is 2.46. The van der Waals surface area contributed by atoms with E-state index in [1.807, 2.05) is 12.1 Å². The lowest BCUT2D eigenvalue weighted by atomic mass is 10.2. The van der Waals surface area contributed by atoms with Gasteiger partial charge in [0, 0.05) is 19.3 Å². The van der Waals surface area contributed by atoms with Crippen LogP contribution in [0.2, 0.25) is 5.02 Å². The van der Waals surface area contributed by atoms with Crippen LogP contribution in [0.1, 0.15) is 30.3 Å². The van der Waals surface area contributed by atoms with E-state index in [2.05, 4.69) is 17.2 Å². The highest BCUT2D eigenvalue weighted by Crippen LogP contribution is 2.28. The number of amides is 1. The van der Waals surface area contributed by atoms with Gasteiger partial charge in [0.05, 0.1) is 24.0 Å². The van der Waals surface area contributed by atoms with E-state index < -0.39 is 0 Å². The van der Waals surface area contributed by atoms with Gasteiger partial charge in [-0.25, -0.2) is 4.98 Å². The molecule has 5 nitrogen and oxygen atoms in total. The molecule has 24 heavy (non-hydrogen) atoms. The van der Waals surface area contributed by atoms with Gasteiger partial charge in [-0.15, -0.1) is 0 Å². The second-order valence-electron chi connectivity index (χ2n) is 5.49. The van der Waals surface area contributed by atoms with Gasteiger partial charge in [0.1, 0.15) is 11.4 Å². The van der Waals surface area contributed by atoms with Gasteiger partial charge in [0.25, 0.3) is 5.91 Å². The van der Waals surface area contributed by atoms with Gasteiger partial charge < -0.3 is 15.0 Å². The van der Waals surface area contributed by atoms with Crippen molar-refractivity contribution in [2.24, 2.45) is 0 Å². The molecule has 0 atom stereocenters. The number of benzene rings is 1. The van der Waals surface area contributed by atoms with Crippen molar-refractivity contribution in [3.63, 3.8) is 0 Å². The molecule has 0 radical (unpaired) electrons. The summed E-state index contributed by atoms with van der Waals surface area (Å²) >= 11 is 6.11. The maximum absolute atomic E-state index is 12.2. The molecule has 128 valence electrons. The first-order valence-electron chi connectivity index (χ1n) is 7.87. The fourth-order valence-electron chi connectivity index (χ4n) is 2.20. The maximum atomic E-state index is 12.2. The van der Waals surface area contributed by atoms with Crippen molar-refractivity contribution in [3.8, 4) is 5.75 Å².